The van der Waals surface area contributed by atoms with Crippen LogP contribution < -0.4 is 11.1 Å². The van der Waals surface area contributed by atoms with Gasteiger partial charge in [0.2, 0.25) is 0 Å². The molecule has 0 spiro atoms. The second-order valence-corrected chi connectivity index (χ2v) is 5.52. The minimum Gasteiger partial charge on any atom is -0.388 e. The second-order valence-electron chi connectivity index (χ2n) is 5.08. The van der Waals surface area contributed by atoms with Crippen LogP contribution in [0.1, 0.15) is 25.0 Å². The summed E-state index contributed by atoms with van der Waals surface area (Å²) in [6, 6.07) is 5.18. The first-order valence-electron chi connectivity index (χ1n) is 6.50. The Morgan fingerprint density at radius 1 is 1.44 bits per heavy atom. The molecule has 2 aliphatic heterocycles. The van der Waals surface area contributed by atoms with Crippen LogP contribution in [-0.4, -0.2) is 40.0 Å². The number of nitrogens with zero attached hydrogens (tertiary/aromatic N) is 2. The van der Waals surface area contributed by atoms with Crippen molar-refractivity contribution in [2.45, 2.75) is 31.3 Å². The van der Waals surface area contributed by atoms with E-state index in [1.165, 1.54) is 32.4 Å². The van der Waals surface area contributed by atoms with Gasteiger partial charge in [-0.3, -0.25) is 9.88 Å². The van der Waals surface area contributed by atoms with E-state index < -0.39 is 0 Å². The van der Waals surface area contributed by atoms with Gasteiger partial charge in [0.25, 0.3) is 0 Å². The summed E-state index contributed by atoms with van der Waals surface area (Å²) in [5, 5.41) is 3.61. The van der Waals surface area contributed by atoms with E-state index in [0.717, 1.165) is 5.69 Å². The fraction of sp³-hybridized carbons (Fsp3) is 0.538. The summed E-state index contributed by atoms with van der Waals surface area (Å²) in [7, 11) is 0. The van der Waals surface area contributed by atoms with Gasteiger partial charge in [0.1, 0.15) is 4.99 Å². The molecule has 3 heterocycles. The summed E-state index contributed by atoms with van der Waals surface area (Å²) in [6.45, 7) is 2.48. The highest BCUT2D eigenvalue weighted by Gasteiger charge is 2.36. The van der Waals surface area contributed by atoms with Crippen molar-refractivity contribution in [3.63, 3.8) is 0 Å². The number of hydrogen-bond donors (Lipinski definition) is 2. The maximum absolute atomic E-state index is 5.61. The van der Waals surface area contributed by atoms with Crippen molar-refractivity contribution < 1.29 is 0 Å². The summed E-state index contributed by atoms with van der Waals surface area (Å²) >= 11 is 4.96. The predicted octanol–water partition coefficient (Wildman–Crippen LogP) is 1.36. The van der Waals surface area contributed by atoms with Crippen molar-refractivity contribution in [1.29, 1.82) is 0 Å². The van der Waals surface area contributed by atoms with Gasteiger partial charge in [-0.2, -0.15) is 0 Å². The van der Waals surface area contributed by atoms with Crippen molar-refractivity contribution in [2.75, 3.05) is 18.4 Å². The molecular weight excluding hydrogens is 244 g/mol. The number of hydrogen-bond acceptors (Lipinski definition) is 4. The molecule has 0 aliphatic carbocycles. The van der Waals surface area contributed by atoms with E-state index in [2.05, 4.69) is 15.2 Å². The lowest BCUT2D eigenvalue weighted by molar-refractivity contribution is 0.318. The molecule has 1 aromatic heterocycles. The SMILES string of the molecule is NC(=S)c1cc(NC2CCN3CCCC23)ccn1. The maximum Gasteiger partial charge on any atom is 0.122 e. The molecule has 18 heavy (non-hydrogen) atoms. The van der Waals surface area contributed by atoms with Gasteiger partial charge in [-0.15, -0.1) is 0 Å². The predicted molar refractivity (Wildman–Crippen MR) is 76.7 cm³/mol. The first-order valence-corrected chi connectivity index (χ1v) is 6.91. The Balaban J connectivity index is 1.72. The summed E-state index contributed by atoms with van der Waals surface area (Å²) < 4.78 is 0. The average molecular weight is 262 g/mol. The molecule has 2 aliphatic rings. The molecule has 0 amide bonds. The zero-order chi connectivity index (χ0) is 12.5. The number of thiocarbonyl (C=S) groups is 1. The summed E-state index contributed by atoms with van der Waals surface area (Å²) in [5.41, 5.74) is 7.38. The van der Waals surface area contributed by atoms with Gasteiger partial charge in [0.15, 0.2) is 0 Å². The lowest BCUT2D eigenvalue weighted by atomic mass is 10.1. The molecule has 1 aromatic rings. The second kappa shape index (κ2) is 4.82. The van der Waals surface area contributed by atoms with E-state index >= 15 is 0 Å². The third-order valence-corrected chi connectivity index (χ3v) is 4.18. The molecule has 2 unspecified atom stereocenters. The van der Waals surface area contributed by atoms with Crippen molar-refractivity contribution >= 4 is 22.9 Å². The quantitative estimate of drug-likeness (QED) is 0.806. The van der Waals surface area contributed by atoms with Crippen molar-refractivity contribution in [3.8, 4) is 0 Å². The number of anilines is 1. The molecule has 2 atom stereocenters. The molecule has 2 fully saturated rings. The van der Waals surface area contributed by atoms with Crippen LogP contribution in [0.15, 0.2) is 18.3 Å². The Kier molecular flexibility index (Phi) is 3.18. The standard InChI is InChI=1S/C13H18N4S/c14-13(18)11-8-9(3-5-15-11)16-10-4-7-17-6-1-2-12(10)17/h3,5,8,10,12H,1-2,4,6-7H2,(H2,14,18)(H,15,16). The van der Waals surface area contributed by atoms with Crippen LogP contribution in [0.25, 0.3) is 0 Å². The van der Waals surface area contributed by atoms with Crippen LogP contribution in [0, 0.1) is 0 Å². The summed E-state index contributed by atoms with van der Waals surface area (Å²) in [5.74, 6) is 0. The Bertz CT molecular complexity index is 462. The largest absolute Gasteiger partial charge is 0.388 e. The van der Waals surface area contributed by atoms with Gasteiger partial charge in [-0.25, -0.2) is 0 Å². The van der Waals surface area contributed by atoms with Crippen LogP contribution in [0.3, 0.4) is 0 Å². The average Bonchev–Trinajstić information content (AvgIpc) is 2.94. The molecule has 2 saturated heterocycles. The minimum atomic E-state index is 0.354. The van der Waals surface area contributed by atoms with E-state index in [-0.39, 0.29) is 0 Å². The zero-order valence-corrected chi connectivity index (χ0v) is 11.1. The van der Waals surface area contributed by atoms with Gasteiger partial charge >= 0.3 is 0 Å². The van der Waals surface area contributed by atoms with E-state index in [0.29, 0.717) is 22.8 Å². The fourth-order valence-electron chi connectivity index (χ4n) is 3.12. The van der Waals surface area contributed by atoms with Gasteiger partial charge in [-0.05, 0) is 37.9 Å². The smallest absolute Gasteiger partial charge is 0.122 e. The van der Waals surface area contributed by atoms with Gasteiger partial charge in [0, 0.05) is 30.5 Å². The molecule has 5 heteroatoms. The van der Waals surface area contributed by atoms with Gasteiger partial charge in [0.05, 0.1) is 5.69 Å². The molecule has 96 valence electrons. The number of nitrogens with two attached hydrogens (primary N) is 1. The number of rotatable bonds is 3. The first kappa shape index (κ1) is 11.9. The Morgan fingerprint density at radius 2 is 2.33 bits per heavy atom. The monoisotopic (exact) mass is 262 g/mol. The highest BCUT2D eigenvalue weighted by atomic mass is 32.1. The van der Waals surface area contributed by atoms with Gasteiger partial charge in [-0.1, -0.05) is 12.2 Å². The van der Waals surface area contributed by atoms with E-state index in [9.17, 15) is 0 Å². The van der Waals surface area contributed by atoms with Gasteiger partial charge < -0.3 is 11.1 Å². The van der Waals surface area contributed by atoms with Crippen LogP contribution >= 0.6 is 12.2 Å². The minimum absolute atomic E-state index is 0.354. The molecule has 4 nitrogen and oxygen atoms in total. The number of nitrogens with one attached hydrogen (secondary N) is 1. The van der Waals surface area contributed by atoms with Crippen LogP contribution in [0.5, 0.6) is 0 Å². The Hall–Kier alpha value is -1.20. The Labute approximate surface area is 113 Å². The van der Waals surface area contributed by atoms with Crippen molar-refractivity contribution in [3.05, 3.63) is 24.0 Å². The highest BCUT2D eigenvalue weighted by molar-refractivity contribution is 7.80. The lowest BCUT2D eigenvalue weighted by Gasteiger charge is -2.22. The Morgan fingerprint density at radius 3 is 3.17 bits per heavy atom. The van der Waals surface area contributed by atoms with Crippen molar-refractivity contribution in [2.24, 2.45) is 5.73 Å². The molecular formula is C13H18N4S. The highest BCUT2D eigenvalue weighted by Crippen LogP contribution is 2.30. The molecule has 3 rings (SSSR count). The third-order valence-electron chi connectivity index (χ3n) is 3.97. The lowest BCUT2D eigenvalue weighted by Crippen LogP contribution is -2.33. The van der Waals surface area contributed by atoms with Crippen molar-refractivity contribution in [1.82, 2.24) is 9.88 Å². The van der Waals surface area contributed by atoms with Crippen LogP contribution in [-0.2, 0) is 0 Å². The molecule has 0 radical (unpaired) electrons. The topological polar surface area (TPSA) is 54.2 Å². The third kappa shape index (κ3) is 2.20. The van der Waals surface area contributed by atoms with E-state index in [1.807, 2.05) is 12.1 Å². The summed E-state index contributed by atoms with van der Waals surface area (Å²) in [6.07, 6.45) is 5.62. The molecule has 0 aromatic carbocycles. The summed E-state index contributed by atoms with van der Waals surface area (Å²) in [4.78, 5) is 7.11. The van der Waals surface area contributed by atoms with Crippen LogP contribution in [0.2, 0.25) is 0 Å². The fourth-order valence-corrected chi connectivity index (χ4v) is 3.23. The first-order chi connectivity index (χ1) is 8.74. The molecule has 0 saturated carbocycles. The molecule has 0 bridgehead atoms. The molecule has 3 N–H and O–H groups in total. The normalized spacial score (nSPS) is 27.1. The number of pyridine rings is 1. The number of aromatic nitrogens is 1. The van der Waals surface area contributed by atoms with E-state index in [1.54, 1.807) is 6.20 Å². The van der Waals surface area contributed by atoms with Crippen LogP contribution in [0.4, 0.5) is 5.69 Å². The maximum atomic E-state index is 5.61. The van der Waals surface area contributed by atoms with E-state index in [4.69, 9.17) is 18.0 Å². The zero-order valence-electron chi connectivity index (χ0n) is 10.3. The number of fused-ring (bicyclic) bond motifs is 1.